The monoisotopic (exact) mass is 400 g/mol. The van der Waals surface area contributed by atoms with Crippen molar-refractivity contribution in [2.45, 2.75) is 6.92 Å². The van der Waals surface area contributed by atoms with Crippen LogP contribution < -0.4 is 0 Å². The van der Waals surface area contributed by atoms with Gasteiger partial charge in [0.2, 0.25) is 0 Å². The van der Waals surface area contributed by atoms with Crippen molar-refractivity contribution in [1.82, 2.24) is 9.78 Å². The van der Waals surface area contributed by atoms with Crippen molar-refractivity contribution >= 4 is 9.58 Å². The van der Waals surface area contributed by atoms with E-state index in [2.05, 4.69) is 20.7 Å². The van der Waals surface area contributed by atoms with Crippen molar-refractivity contribution in [3.63, 3.8) is 0 Å². The molecule has 0 fully saturated rings. The summed E-state index contributed by atoms with van der Waals surface area (Å²) in [5.74, 6) is 0. The van der Waals surface area contributed by atoms with Crippen LogP contribution in [0.3, 0.4) is 0 Å². The van der Waals surface area contributed by atoms with Crippen molar-refractivity contribution in [3.05, 3.63) is 55.7 Å². The van der Waals surface area contributed by atoms with Crippen molar-refractivity contribution < 1.29 is 17.9 Å². The number of aromatic nitrogens is 2. The molecule has 0 aliphatic carbocycles. The Morgan fingerprint density at radius 2 is 2.07 bits per heavy atom. The van der Waals surface area contributed by atoms with Crippen molar-refractivity contribution in [2.24, 2.45) is 0 Å². The zero-order valence-electron chi connectivity index (χ0n) is 8.57. The van der Waals surface area contributed by atoms with Gasteiger partial charge in [-0.2, -0.15) is 29.4 Å². The summed E-state index contributed by atoms with van der Waals surface area (Å²) in [6, 6.07) is 12.9. The summed E-state index contributed by atoms with van der Waals surface area (Å²) in [5, 5.41) is 4.27. The number of hydrogen-bond donors (Lipinski definition) is 0. The fourth-order valence-electron chi connectivity index (χ4n) is 1.08. The van der Waals surface area contributed by atoms with E-state index in [1.54, 1.807) is 0 Å². The van der Waals surface area contributed by atoms with Crippen LogP contribution in [0.25, 0.3) is 5.69 Å². The molecule has 15 heavy (non-hydrogen) atoms. The fourth-order valence-corrected chi connectivity index (χ4v) is 1.08. The van der Waals surface area contributed by atoms with Gasteiger partial charge in [-0.3, -0.25) is 4.68 Å². The molecule has 0 atom stereocenters. The number of halogens is 1. The molecule has 2 rings (SSSR count). The van der Waals surface area contributed by atoms with Gasteiger partial charge < -0.3 is 7.43 Å². The average Bonchev–Trinajstić information content (AvgIpc) is 2.69. The van der Waals surface area contributed by atoms with E-state index in [1.807, 2.05) is 48.1 Å². The first-order valence-corrected chi connectivity index (χ1v) is 6.95. The van der Waals surface area contributed by atoms with Crippen LogP contribution in [-0.2, 0) is 17.9 Å². The molecule has 2 aromatic rings. The normalized spacial score (nSPS) is 8.47. The molecule has 0 saturated carbocycles. The van der Waals surface area contributed by atoms with Gasteiger partial charge in [-0.1, -0.05) is 0 Å². The molecular formula is C11H12ClIrN2. The van der Waals surface area contributed by atoms with Gasteiger partial charge in [0, 0.05) is 6.20 Å². The SMILES string of the molecule is Cc1ccn(-c2[c-]cccc2)n1.[CH3-].[Cl][Ir+2]. The Labute approximate surface area is 105 Å². The van der Waals surface area contributed by atoms with Crippen LogP contribution in [0.5, 0.6) is 0 Å². The van der Waals surface area contributed by atoms with Crippen LogP contribution in [0.4, 0.5) is 0 Å². The molecule has 4 heteroatoms. The second-order valence-electron chi connectivity index (χ2n) is 2.65. The van der Waals surface area contributed by atoms with Crippen LogP contribution in [-0.4, -0.2) is 9.78 Å². The molecule has 82 valence electrons. The summed E-state index contributed by atoms with van der Waals surface area (Å²) < 4.78 is 1.81. The Hall–Kier alpha value is -0.631. The Balaban J connectivity index is 0.000000617. The molecule has 0 aliphatic heterocycles. The maximum absolute atomic E-state index is 4.64. The van der Waals surface area contributed by atoms with Crippen LogP contribution in [0, 0.1) is 20.4 Å². The molecule has 0 N–H and O–H groups in total. The summed E-state index contributed by atoms with van der Waals surface area (Å²) in [6.45, 7) is 1.97. The number of para-hydroxylation sites is 1. The molecule has 0 unspecified atom stereocenters. The van der Waals surface area contributed by atoms with Gasteiger partial charge in [0.05, 0.1) is 5.69 Å². The Morgan fingerprint density at radius 1 is 1.33 bits per heavy atom. The van der Waals surface area contributed by atoms with Gasteiger partial charge in [0.25, 0.3) is 0 Å². The van der Waals surface area contributed by atoms with Gasteiger partial charge >= 0.3 is 27.5 Å². The predicted octanol–water partition coefficient (Wildman–Crippen LogP) is 3.12. The van der Waals surface area contributed by atoms with E-state index >= 15 is 0 Å². The molecule has 0 bridgehead atoms. The Bertz CT molecular complexity index is 373. The topological polar surface area (TPSA) is 17.8 Å². The number of hydrogen-bond acceptors (Lipinski definition) is 1. The predicted molar refractivity (Wildman–Crippen MR) is 59.4 cm³/mol. The van der Waals surface area contributed by atoms with Crippen LogP contribution in [0.15, 0.2) is 36.5 Å². The zero-order chi connectivity index (χ0) is 10.4. The summed E-state index contributed by atoms with van der Waals surface area (Å²) >= 11 is 1.47. The summed E-state index contributed by atoms with van der Waals surface area (Å²) in [5.41, 5.74) is 2.00. The van der Waals surface area contributed by atoms with E-state index in [0.29, 0.717) is 0 Å². The summed E-state index contributed by atoms with van der Waals surface area (Å²) in [7, 11) is 4.64. The Morgan fingerprint density at radius 3 is 2.53 bits per heavy atom. The third-order valence-electron chi connectivity index (χ3n) is 1.66. The molecule has 0 aliphatic rings. The molecular weight excluding hydrogens is 388 g/mol. The number of benzene rings is 1. The van der Waals surface area contributed by atoms with Gasteiger partial charge in [-0.25, -0.2) is 0 Å². The third-order valence-corrected chi connectivity index (χ3v) is 1.66. The minimum atomic E-state index is 0. The number of rotatable bonds is 1. The average molecular weight is 400 g/mol. The first kappa shape index (κ1) is 14.4. The second-order valence-corrected chi connectivity index (χ2v) is 2.65. The van der Waals surface area contributed by atoms with Crippen LogP contribution in [0.2, 0.25) is 0 Å². The molecule has 0 spiro atoms. The summed E-state index contributed by atoms with van der Waals surface area (Å²) in [4.78, 5) is 0. The van der Waals surface area contributed by atoms with Crippen molar-refractivity contribution in [1.29, 1.82) is 0 Å². The van der Waals surface area contributed by atoms with Crippen LogP contribution in [0.1, 0.15) is 5.69 Å². The molecule has 2 nitrogen and oxygen atoms in total. The van der Waals surface area contributed by atoms with E-state index in [9.17, 15) is 0 Å². The van der Waals surface area contributed by atoms with E-state index < -0.39 is 0 Å². The first-order chi connectivity index (χ1) is 6.86. The quantitative estimate of drug-likeness (QED) is 0.674. The first-order valence-electron chi connectivity index (χ1n) is 3.98. The molecule has 1 aromatic carbocycles. The van der Waals surface area contributed by atoms with Gasteiger partial charge in [-0.05, 0) is 18.7 Å². The number of nitrogens with zero attached hydrogens (tertiary/aromatic N) is 2. The van der Waals surface area contributed by atoms with E-state index in [4.69, 9.17) is 0 Å². The molecule has 0 saturated heterocycles. The minimum absolute atomic E-state index is 0. The third kappa shape index (κ3) is 4.17. The van der Waals surface area contributed by atoms with Gasteiger partial charge in [-0.15, -0.1) is 6.07 Å². The molecule has 0 radical (unpaired) electrons. The molecule has 0 amide bonds. The van der Waals surface area contributed by atoms with Crippen LogP contribution >= 0.6 is 9.58 Å². The maximum atomic E-state index is 4.64. The van der Waals surface area contributed by atoms with E-state index in [-0.39, 0.29) is 7.43 Å². The second kappa shape index (κ2) is 7.63. The standard InChI is InChI=1S/C10H9N2.CH3.ClH.Ir/c1-9-7-8-12(11-9)10-5-3-2-4-6-10;;;/h2-5,7-8H,1H3;1H3;1H;/q2*-1;;+3/p-1. The zero-order valence-corrected chi connectivity index (χ0v) is 11.7. The van der Waals surface area contributed by atoms with Crippen molar-refractivity contribution in [2.75, 3.05) is 0 Å². The summed E-state index contributed by atoms with van der Waals surface area (Å²) in [6.07, 6.45) is 1.93. The molecule has 1 aromatic heterocycles. The van der Waals surface area contributed by atoms with E-state index in [0.717, 1.165) is 11.4 Å². The van der Waals surface area contributed by atoms with Gasteiger partial charge in [0.15, 0.2) is 0 Å². The van der Waals surface area contributed by atoms with E-state index in [1.165, 1.54) is 17.9 Å². The van der Waals surface area contributed by atoms with Crippen molar-refractivity contribution in [3.8, 4) is 5.69 Å². The Kier molecular flexibility index (Phi) is 7.31. The molecule has 1 heterocycles. The van der Waals surface area contributed by atoms with Gasteiger partial charge in [0.1, 0.15) is 0 Å². The fraction of sp³-hybridized carbons (Fsp3) is 0.0909. The number of aryl methyl sites for hydroxylation is 1.